The highest BCUT2D eigenvalue weighted by Crippen LogP contribution is 2.31. The molecule has 2 unspecified atom stereocenters. The Kier molecular flexibility index (Phi) is 19.7. The molecule has 2 fully saturated rings. The maximum atomic E-state index is 13.6. The number of imide groups is 8. The van der Waals surface area contributed by atoms with Gasteiger partial charge in [0.1, 0.15) is 5.69 Å². The molecule has 2 saturated heterocycles. The Labute approximate surface area is 528 Å². The van der Waals surface area contributed by atoms with Crippen LogP contribution in [-0.4, -0.2) is 127 Å². The Morgan fingerprint density at radius 1 is 0.609 bits per heavy atom. The molecule has 11 rings (SSSR count). The van der Waals surface area contributed by atoms with Crippen LogP contribution in [0.2, 0.25) is 0 Å². The highest BCUT2D eigenvalue weighted by Gasteiger charge is 2.49. The molecule has 1 N–H and O–H groups in total. The summed E-state index contributed by atoms with van der Waals surface area (Å²) < 4.78 is 4.41. The maximum absolute atomic E-state index is 13.6. The normalized spacial score (nSPS) is 14.4. The summed E-state index contributed by atoms with van der Waals surface area (Å²) >= 11 is 0. The maximum Gasteiger partial charge on any atom is 0.347 e. The smallest absolute Gasteiger partial charge is 0.294 e. The third-order valence-electron chi connectivity index (χ3n) is 16.3. The van der Waals surface area contributed by atoms with E-state index in [9.17, 15) is 47.9 Å². The number of fused-ring (bicyclic) bond motifs is 4. The average Bonchev–Trinajstić information content (AvgIpc) is 1.71. The molecule has 7 aromatic heterocycles. The fourth-order valence-corrected chi connectivity index (χ4v) is 10.3. The van der Waals surface area contributed by atoms with Crippen LogP contribution in [0.3, 0.4) is 0 Å². The van der Waals surface area contributed by atoms with Crippen LogP contribution in [0.4, 0.5) is 15.3 Å². The zero-order valence-electron chi connectivity index (χ0n) is 53.7. The van der Waals surface area contributed by atoms with E-state index in [-0.39, 0.29) is 28.7 Å². The number of amides is 10. The van der Waals surface area contributed by atoms with Crippen molar-refractivity contribution in [1.82, 2.24) is 73.7 Å². The molecular formula is C66H72N16O10. The number of hydrogen-bond donors (Lipinski definition) is 1. The first-order valence-corrected chi connectivity index (χ1v) is 30.0. The van der Waals surface area contributed by atoms with Crippen LogP contribution < -0.4 is 26.5 Å². The van der Waals surface area contributed by atoms with Crippen molar-refractivity contribution < 1.29 is 38.4 Å². The van der Waals surface area contributed by atoms with Crippen LogP contribution in [0.25, 0.3) is 63.6 Å². The van der Waals surface area contributed by atoms with Crippen LogP contribution in [-0.2, 0) is 35.2 Å². The molecule has 2 atom stereocenters. The van der Waals surface area contributed by atoms with Gasteiger partial charge in [0.2, 0.25) is 17.6 Å². The molecule has 0 bridgehead atoms. The molecule has 2 aromatic carbocycles. The fraction of sp³-hybridized carbons (Fsp3) is 0.333. The molecule has 0 saturated carbocycles. The quantitative estimate of drug-likeness (QED) is 0.0932. The third-order valence-corrected chi connectivity index (χ3v) is 16.3. The first kappa shape index (κ1) is 67.0. The number of nitrogens with one attached hydrogen (secondary N) is 1. The first-order chi connectivity index (χ1) is 43.6. The van der Waals surface area contributed by atoms with E-state index in [1.54, 1.807) is 81.1 Å². The van der Waals surface area contributed by atoms with Gasteiger partial charge in [-0.2, -0.15) is 29.0 Å². The van der Waals surface area contributed by atoms with E-state index in [1.807, 2.05) is 74.4 Å². The Balaban J connectivity index is 0.000000162. The summed E-state index contributed by atoms with van der Waals surface area (Å²) in [6.07, 6.45) is 7.48. The van der Waals surface area contributed by atoms with Crippen molar-refractivity contribution in [2.45, 2.75) is 134 Å². The lowest BCUT2D eigenvalue weighted by molar-refractivity contribution is -0.150. The van der Waals surface area contributed by atoms with Gasteiger partial charge in [-0.05, 0) is 101 Å². The van der Waals surface area contributed by atoms with E-state index in [2.05, 4.69) is 66.8 Å². The van der Waals surface area contributed by atoms with Crippen molar-refractivity contribution in [1.29, 1.82) is 0 Å². The summed E-state index contributed by atoms with van der Waals surface area (Å²) in [6.45, 7) is 39.0. The predicted molar refractivity (Wildman–Crippen MR) is 344 cm³/mol. The van der Waals surface area contributed by atoms with Gasteiger partial charge in [-0.1, -0.05) is 107 Å². The van der Waals surface area contributed by atoms with Gasteiger partial charge in [-0.15, -0.1) is 10.2 Å². The van der Waals surface area contributed by atoms with Crippen molar-refractivity contribution in [3.05, 3.63) is 150 Å². The average molecular weight is 1250 g/mol. The van der Waals surface area contributed by atoms with Gasteiger partial charge in [0.05, 0.1) is 62.1 Å². The van der Waals surface area contributed by atoms with Gasteiger partial charge < -0.3 is 0 Å². The Morgan fingerprint density at radius 3 is 1.74 bits per heavy atom. The molecule has 26 heteroatoms. The minimum atomic E-state index is -1.21. The lowest BCUT2D eigenvalue weighted by Crippen LogP contribution is -2.61. The second kappa shape index (κ2) is 27.0. The van der Waals surface area contributed by atoms with E-state index in [4.69, 9.17) is 4.98 Å². The summed E-state index contributed by atoms with van der Waals surface area (Å²) in [5.41, 5.74) is 8.48. The Hall–Kier alpha value is -10.9. The number of nitrogens with zero attached hydrogens (tertiary/aromatic N) is 15. The van der Waals surface area contributed by atoms with E-state index in [0.717, 1.165) is 38.0 Å². The summed E-state index contributed by atoms with van der Waals surface area (Å²) in [4.78, 5) is 144. The van der Waals surface area contributed by atoms with Crippen molar-refractivity contribution in [2.75, 3.05) is 4.90 Å². The number of anilines is 1. The van der Waals surface area contributed by atoms with Crippen molar-refractivity contribution in [3.63, 3.8) is 0 Å². The van der Waals surface area contributed by atoms with Gasteiger partial charge in [-0.3, -0.25) is 53.3 Å². The molecule has 26 nitrogen and oxygen atoms in total. The second-order valence-electron chi connectivity index (χ2n) is 22.6. The minimum Gasteiger partial charge on any atom is -0.294 e. The number of hydrogen-bond acceptors (Lipinski definition) is 18. The zero-order valence-corrected chi connectivity index (χ0v) is 53.7. The summed E-state index contributed by atoms with van der Waals surface area (Å²) in [5.74, 6) is -5.39. The third kappa shape index (κ3) is 12.0. The number of aromatic nitrogens is 12. The number of carbonyl (C=O) groups excluding carboxylic acids is 8. The van der Waals surface area contributed by atoms with E-state index < -0.39 is 64.9 Å². The van der Waals surface area contributed by atoms with Crippen molar-refractivity contribution >= 4 is 94.2 Å². The molecule has 0 spiro atoms. The van der Waals surface area contributed by atoms with E-state index >= 15 is 0 Å². The fourth-order valence-electron chi connectivity index (χ4n) is 10.3. The molecule has 10 amide bonds. The van der Waals surface area contributed by atoms with Crippen LogP contribution in [0.5, 0.6) is 0 Å². The Bertz CT molecular complexity index is 4690. The number of rotatable bonds is 12. The second-order valence-corrected chi connectivity index (χ2v) is 22.6. The van der Waals surface area contributed by atoms with Crippen LogP contribution in [0.1, 0.15) is 128 Å². The van der Waals surface area contributed by atoms with Crippen molar-refractivity contribution in [3.8, 4) is 22.6 Å². The SMILES string of the molecule is C=C1C(=O)N(C(=O)C(C)CC)C(=O)N(C(=O)C(C)CC)C1=O.C=C1C(=O)N(c2ccccc2)C(=O)N(C(CC)CC)C1=O.C=c1c(C(C)C)nn2c(=O)c(-c3c(C)[nH]n4c(-c5cnccn5)nnc34)c(CC)nc12.C=c1c(C)nn2c(=O)c3cc(C)c(C)cc3nc12. The van der Waals surface area contributed by atoms with Gasteiger partial charge in [0.25, 0.3) is 34.7 Å². The van der Waals surface area contributed by atoms with Gasteiger partial charge >= 0.3 is 12.1 Å². The summed E-state index contributed by atoms with van der Waals surface area (Å²) in [7, 11) is 0. The number of aryl methyl sites for hydroxylation is 5. The number of barbiturate groups is 2. The molecular weight excluding hydrogens is 1180 g/mol. The van der Waals surface area contributed by atoms with E-state index in [0.29, 0.717) is 114 Å². The molecule has 9 heterocycles. The largest absolute Gasteiger partial charge is 0.347 e. The topological polar surface area (TPSA) is 316 Å². The molecule has 2 aliphatic heterocycles. The monoisotopic (exact) mass is 1250 g/mol. The molecule has 0 radical (unpaired) electrons. The molecule has 92 heavy (non-hydrogen) atoms. The van der Waals surface area contributed by atoms with E-state index in [1.165, 1.54) is 9.03 Å². The Morgan fingerprint density at radius 2 is 1.18 bits per heavy atom. The lowest BCUT2D eigenvalue weighted by atomic mass is 10.0. The highest BCUT2D eigenvalue weighted by molar-refractivity contribution is 6.38. The molecule has 0 aliphatic carbocycles. The predicted octanol–water partition coefficient (Wildman–Crippen LogP) is 7.21. The standard InChI is InChI=1S/C21H21N9O.C16H18N2O3.C15H20N2O5.C14H13N3O/c1-6-13-16(21(31)30-18(24-13)11(4)17(28-30)10(2)3)15-12(5)27-29-19(25-26-20(15)29)14-9-22-7-8-23-14;1-4-12(5-2)17-14(19)11(3)15(20)18(16(17)21)13-9-7-6-8-10-13;1-6-8(3)11(18)16-13(20)10(5)14(21)17(15(16)22)12(19)9(4)7-2;1-7-5-11-12(6-8(7)2)15-13-9(3)10(4)16-17(13)14(11)18/h7-10,27H,4,6H2,1-3,5H3;6-10,12H,3-5H2,1-2H3;8-9H,5-7H2,1-4H3;5-6H,3H2,1-2,4H3. The number of carbonyl (C=O) groups is 8. The van der Waals surface area contributed by atoms with Gasteiger partial charge in [0.15, 0.2) is 16.9 Å². The zero-order chi connectivity index (χ0) is 67.6. The molecule has 476 valence electrons. The summed E-state index contributed by atoms with van der Waals surface area (Å²) in [6, 6.07) is 10.3. The first-order valence-electron chi connectivity index (χ1n) is 30.0. The minimum absolute atomic E-state index is 0.129. The van der Waals surface area contributed by atoms with Gasteiger partial charge in [0, 0.05) is 46.4 Å². The number of aromatic amines is 1. The van der Waals surface area contributed by atoms with Gasteiger partial charge in [-0.25, -0.2) is 34.0 Å². The van der Waals surface area contributed by atoms with Crippen LogP contribution in [0, 0.1) is 39.5 Å². The summed E-state index contributed by atoms with van der Waals surface area (Å²) in [5, 5.41) is 22.6. The number of urea groups is 2. The van der Waals surface area contributed by atoms with Crippen LogP contribution in [0.15, 0.2) is 94.9 Å². The number of benzene rings is 2. The number of H-pyrrole nitrogens is 1. The molecule has 2 aliphatic rings. The molecule has 9 aromatic rings. The van der Waals surface area contributed by atoms with Crippen molar-refractivity contribution in [2.24, 2.45) is 11.8 Å². The highest BCUT2D eigenvalue weighted by atomic mass is 16.2. The number of para-hydroxylation sites is 1. The lowest BCUT2D eigenvalue weighted by Gasteiger charge is -2.37. The van der Waals surface area contributed by atoms with Crippen LogP contribution >= 0.6 is 0 Å².